The van der Waals surface area contributed by atoms with Gasteiger partial charge in [0.25, 0.3) is 5.91 Å². The van der Waals surface area contributed by atoms with Crippen LogP contribution in [0.15, 0.2) is 42.0 Å². The summed E-state index contributed by atoms with van der Waals surface area (Å²) in [4.78, 5) is 29.3. The highest BCUT2D eigenvalue weighted by atomic mass is 19.1. The summed E-state index contributed by atoms with van der Waals surface area (Å²) in [6.07, 6.45) is 2.71. The van der Waals surface area contributed by atoms with Crippen LogP contribution in [0.5, 0.6) is 0 Å². The third-order valence-electron chi connectivity index (χ3n) is 7.05. The van der Waals surface area contributed by atoms with E-state index in [9.17, 15) is 29.3 Å². The normalized spacial score (nSPS) is 21.7. The van der Waals surface area contributed by atoms with Crippen molar-refractivity contribution in [3.05, 3.63) is 47.5 Å². The Morgan fingerprint density at radius 1 is 1.27 bits per heavy atom. The van der Waals surface area contributed by atoms with Gasteiger partial charge in [-0.05, 0) is 57.6 Å². The number of carbonyl (C=O) groups excluding carboxylic acids is 2. The van der Waals surface area contributed by atoms with Gasteiger partial charge in [0.1, 0.15) is 24.4 Å². The first-order chi connectivity index (χ1) is 17.6. The Balaban J connectivity index is 1.62. The molecule has 1 aromatic rings. The minimum absolute atomic E-state index is 0.0185. The number of nitrogens with zero attached hydrogens (tertiary/aromatic N) is 3. The van der Waals surface area contributed by atoms with E-state index < -0.39 is 42.8 Å². The van der Waals surface area contributed by atoms with E-state index in [-0.39, 0.29) is 25.1 Å². The molecule has 2 saturated heterocycles. The number of likely N-dealkylation sites (tertiary alicyclic amines) is 2. The molecule has 3 atom stereocenters. The molecular weight excluding hydrogens is 478 g/mol. The molecule has 2 amide bonds. The van der Waals surface area contributed by atoms with Crippen LogP contribution in [0.25, 0.3) is 0 Å². The van der Waals surface area contributed by atoms with Gasteiger partial charge >= 0.3 is 13.2 Å². The molecule has 2 heterocycles. The number of benzene rings is 1. The second kappa shape index (κ2) is 13.0. The van der Waals surface area contributed by atoms with Crippen LogP contribution in [0.4, 0.5) is 9.18 Å². The first-order valence-corrected chi connectivity index (χ1v) is 12.8. The van der Waals surface area contributed by atoms with E-state index in [0.29, 0.717) is 25.9 Å². The average molecular weight is 514 g/mol. The Morgan fingerprint density at radius 2 is 2.00 bits per heavy atom. The van der Waals surface area contributed by atoms with Crippen LogP contribution in [0, 0.1) is 11.3 Å². The van der Waals surface area contributed by atoms with E-state index in [1.54, 1.807) is 11.0 Å². The van der Waals surface area contributed by atoms with Crippen molar-refractivity contribution in [2.75, 3.05) is 26.2 Å². The van der Waals surface area contributed by atoms with E-state index in [1.165, 1.54) is 0 Å². The summed E-state index contributed by atoms with van der Waals surface area (Å²) in [5.74, 6) is -1.41. The topological polar surface area (TPSA) is 126 Å². The predicted octanol–water partition coefficient (Wildman–Crippen LogP) is 1.99. The number of nitriles is 1. The molecule has 0 bridgehead atoms. The second-order valence-electron chi connectivity index (χ2n) is 10.3. The second-order valence-corrected chi connectivity index (χ2v) is 10.3. The van der Waals surface area contributed by atoms with Gasteiger partial charge < -0.3 is 25.0 Å². The average Bonchev–Trinajstić information content (AvgIpc) is 3.33. The van der Waals surface area contributed by atoms with Gasteiger partial charge in [0.2, 0.25) is 0 Å². The lowest BCUT2D eigenvalue weighted by atomic mass is 9.76. The highest BCUT2D eigenvalue weighted by Crippen LogP contribution is 2.26. The number of nitrogens with one attached hydrogen (secondary N) is 1. The van der Waals surface area contributed by atoms with Crippen molar-refractivity contribution in [2.45, 2.75) is 69.6 Å². The fraction of sp³-hybridized carbons (Fsp3) is 0.577. The number of halogens is 1. The number of rotatable bonds is 9. The first-order valence-electron chi connectivity index (χ1n) is 12.8. The predicted molar refractivity (Wildman–Crippen MR) is 137 cm³/mol. The Labute approximate surface area is 218 Å². The van der Waals surface area contributed by atoms with Crippen LogP contribution in [-0.4, -0.2) is 88.9 Å². The zero-order valence-electron chi connectivity index (χ0n) is 21.5. The fourth-order valence-corrected chi connectivity index (χ4v) is 4.89. The number of carbonyl (C=O) groups is 2. The van der Waals surface area contributed by atoms with Crippen molar-refractivity contribution in [3.63, 3.8) is 0 Å². The van der Waals surface area contributed by atoms with Gasteiger partial charge in [0, 0.05) is 25.2 Å². The van der Waals surface area contributed by atoms with Crippen molar-refractivity contribution < 1.29 is 28.8 Å². The van der Waals surface area contributed by atoms with E-state index in [2.05, 4.69) is 5.32 Å². The van der Waals surface area contributed by atoms with Gasteiger partial charge in [-0.1, -0.05) is 30.3 Å². The minimum atomic E-state index is -1.78. The number of alkyl carbamates (subject to hydrolysis) is 1. The molecule has 200 valence electrons. The van der Waals surface area contributed by atoms with Crippen molar-refractivity contribution in [1.82, 2.24) is 15.1 Å². The van der Waals surface area contributed by atoms with E-state index in [1.807, 2.05) is 55.1 Å². The summed E-state index contributed by atoms with van der Waals surface area (Å²) in [5.41, 5.74) is 0.136. The van der Waals surface area contributed by atoms with Crippen molar-refractivity contribution in [1.29, 1.82) is 5.26 Å². The molecule has 0 spiro atoms. The fourth-order valence-electron chi connectivity index (χ4n) is 4.89. The molecule has 0 aromatic heterocycles. The number of amides is 2. The molecule has 2 fully saturated rings. The third-order valence-corrected chi connectivity index (χ3v) is 7.05. The third kappa shape index (κ3) is 8.02. The molecule has 1 aromatic carbocycles. The molecule has 37 heavy (non-hydrogen) atoms. The lowest BCUT2D eigenvalue weighted by Crippen LogP contribution is -2.50. The largest absolute Gasteiger partial charge is 0.475 e. The summed E-state index contributed by atoms with van der Waals surface area (Å²) >= 11 is 0. The van der Waals surface area contributed by atoms with Gasteiger partial charge in [-0.25, -0.2) is 9.18 Å². The highest BCUT2D eigenvalue weighted by molar-refractivity contribution is 6.43. The minimum Gasteiger partial charge on any atom is -0.447 e. The van der Waals surface area contributed by atoms with Gasteiger partial charge in [0.05, 0.1) is 12.0 Å². The number of alkyl halides is 1. The number of piperidine rings is 1. The molecule has 9 nitrogen and oxygen atoms in total. The molecule has 0 radical (unpaired) electrons. The molecule has 11 heteroatoms. The molecule has 2 aliphatic heterocycles. The van der Waals surface area contributed by atoms with Crippen LogP contribution < -0.4 is 5.32 Å². The number of hydrogen-bond donors (Lipinski definition) is 3. The smallest absolute Gasteiger partial charge is 0.447 e. The Bertz CT molecular complexity index is 1000. The van der Waals surface area contributed by atoms with Crippen molar-refractivity contribution in [2.24, 2.45) is 0 Å². The maximum Gasteiger partial charge on any atom is 0.475 e. The SMILES string of the molecule is CC(C)(C=C(C#N)C(=O)N1CCCC[C@@H]1COC(=O)N[C@@H](Cc1ccccc1)B(O)O)N1CC[C@@H](F)C1. The van der Waals surface area contributed by atoms with Gasteiger partial charge in [-0.3, -0.25) is 9.69 Å². The van der Waals surface area contributed by atoms with Crippen LogP contribution in [-0.2, 0) is 16.0 Å². The molecule has 3 N–H and O–H groups in total. The van der Waals surface area contributed by atoms with Crippen LogP contribution in [0.3, 0.4) is 0 Å². The zero-order valence-corrected chi connectivity index (χ0v) is 21.5. The summed E-state index contributed by atoms with van der Waals surface area (Å²) < 4.78 is 19.1. The highest BCUT2D eigenvalue weighted by Gasteiger charge is 2.35. The molecule has 0 unspecified atom stereocenters. The maximum atomic E-state index is 13.7. The van der Waals surface area contributed by atoms with Crippen molar-refractivity contribution in [3.8, 4) is 6.07 Å². The lowest BCUT2D eigenvalue weighted by Gasteiger charge is -2.36. The van der Waals surface area contributed by atoms with Crippen LogP contribution >= 0.6 is 0 Å². The monoisotopic (exact) mass is 514 g/mol. The first kappa shape index (κ1) is 28.6. The molecule has 0 saturated carbocycles. The molecule has 0 aliphatic carbocycles. The maximum absolute atomic E-state index is 13.7. The van der Waals surface area contributed by atoms with Gasteiger partial charge in [-0.2, -0.15) is 5.26 Å². The summed E-state index contributed by atoms with van der Waals surface area (Å²) in [5, 5.41) is 31.6. The number of ether oxygens (including phenoxy) is 1. The Kier molecular flexibility index (Phi) is 10.1. The van der Waals surface area contributed by atoms with E-state index >= 15 is 0 Å². The summed E-state index contributed by atoms with van der Waals surface area (Å²) in [6.45, 7) is 4.88. The standard InChI is InChI=1S/C26H36BFN4O5/c1-26(2,31-13-11-21(28)17-31)15-20(16-29)24(33)32-12-7-6-10-22(32)18-37-25(34)30-23(27(35)36)14-19-8-4-3-5-9-19/h3-5,8-9,15,21-23,35-36H,6-7,10-14,17-18H2,1-2H3,(H,30,34)/t21-,22-,23+/m1/s1. The Hall–Kier alpha value is -2.94. The molecule has 3 rings (SSSR count). The lowest BCUT2D eigenvalue weighted by molar-refractivity contribution is -0.131. The zero-order chi connectivity index (χ0) is 27.0. The Morgan fingerprint density at radius 3 is 2.62 bits per heavy atom. The molecule has 2 aliphatic rings. The quantitative estimate of drug-likeness (QED) is 0.261. The van der Waals surface area contributed by atoms with Crippen molar-refractivity contribution >= 4 is 19.1 Å². The summed E-state index contributed by atoms with van der Waals surface area (Å²) in [6, 6.07) is 10.7. The van der Waals surface area contributed by atoms with E-state index in [4.69, 9.17) is 4.74 Å². The number of hydrogen-bond acceptors (Lipinski definition) is 7. The van der Waals surface area contributed by atoms with Crippen LogP contribution in [0.1, 0.15) is 45.1 Å². The summed E-state index contributed by atoms with van der Waals surface area (Å²) in [7, 11) is -1.78. The van der Waals surface area contributed by atoms with Crippen LogP contribution in [0.2, 0.25) is 0 Å². The van der Waals surface area contributed by atoms with Gasteiger partial charge in [0.15, 0.2) is 0 Å². The van der Waals surface area contributed by atoms with Gasteiger partial charge in [-0.15, -0.1) is 0 Å². The molecular formula is C26H36BFN4O5. The van der Waals surface area contributed by atoms with E-state index in [0.717, 1.165) is 18.4 Å².